The molecule has 1 atom stereocenters. The summed E-state index contributed by atoms with van der Waals surface area (Å²) >= 11 is 0. The second-order valence-electron chi connectivity index (χ2n) is 6.70. The number of hydrogen-bond donors (Lipinski definition) is 1. The third-order valence-corrected chi connectivity index (χ3v) is 4.95. The Balaban J connectivity index is 1.57. The van der Waals surface area contributed by atoms with Gasteiger partial charge in [-0.05, 0) is 44.9 Å². The number of aromatic amines is 1. The lowest BCUT2D eigenvalue weighted by Crippen LogP contribution is -2.41. The van der Waals surface area contributed by atoms with Crippen molar-refractivity contribution in [3.8, 4) is 0 Å². The number of piperidine rings is 1. The summed E-state index contributed by atoms with van der Waals surface area (Å²) in [6.45, 7) is 5.64. The minimum atomic E-state index is 0.0892. The Kier molecular flexibility index (Phi) is 3.63. The molecule has 1 aromatic carbocycles. The van der Waals surface area contributed by atoms with E-state index in [4.69, 9.17) is 0 Å². The highest BCUT2D eigenvalue weighted by molar-refractivity contribution is 5.98. The Morgan fingerprint density at radius 3 is 2.96 bits per heavy atom. The third-order valence-electron chi connectivity index (χ3n) is 4.95. The Morgan fingerprint density at radius 1 is 1.29 bits per heavy atom. The van der Waals surface area contributed by atoms with Gasteiger partial charge in [-0.2, -0.15) is 0 Å². The zero-order valence-electron chi connectivity index (χ0n) is 14.1. The molecule has 0 unspecified atom stereocenters. The predicted octanol–water partition coefficient (Wildman–Crippen LogP) is 3.46. The lowest BCUT2D eigenvalue weighted by Gasteiger charge is -2.33. The van der Waals surface area contributed by atoms with E-state index in [1.54, 1.807) is 0 Å². The van der Waals surface area contributed by atoms with Crippen LogP contribution in [0, 0.1) is 13.8 Å². The summed E-state index contributed by atoms with van der Waals surface area (Å²) in [5.41, 5.74) is 2.90. The van der Waals surface area contributed by atoms with E-state index in [1.807, 2.05) is 36.4 Å². The minimum Gasteiger partial charge on any atom is -0.351 e. The first-order chi connectivity index (χ1) is 11.6. The standard InChI is InChI=1S/C19H22N4O/c1-13-5-6-17-15(10-13)11-18(21-17)19(24)22-8-3-4-16(12-22)23-9-7-20-14(23)2/h5-7,9-11,16,21H,3-4,8,12H2,1-2H3/t16-/m1/s1. The molecule has 1 N–H and O–H groups in total. The molecule has 4 rings (SSSR count). The SMILES string of the molecule is Cc1ccc2[nH]c(C(=O)N3CCC[C@@H](n4ccnc4C)C3)cc2c1. The first-order valence-electron chi connectivity index (χ1n) is 8.50. The zero-order chi connectivity index (χ0) is 16.7. The maximum Gasteiger partial charge on any atom is 0.270 e. The number of H-pyrrole nitrogens is 1. The molecule has 0 saturated carbocycles. The van der Waals surface area contributed by atoms with Crippen LogP contribution in [0.1, 0.15) is 40.8 Å². The second-order valence-corrected chi connectivity index (χ2v) is 6.70. The van der Waals surface area contributed by atoms with E-state index in [0.717, 1.165) is 42.7 Å². The molecule has 0 spiro atoms. The molecule has 0 radical (unpaired) electrons. The predicted molar refractivity (Wildman–Crippen MR) is 94.2 cm³/mol. The molecule has 124 valence electrons. The van der Waals surface area contributed by atoms with Gasteiger partial charge in [0.05, 0.1) is 6.04 Å². The molecule has 1 amide bonds. The van der Waals surface area contributed by atoms with Gasteiger partial charge in [-0.3, -0.25) is 4.79 Å². The summed E-state index contributed by atoms with van der Waals surface area (Å²) in [5.74, 6) is 1.10. The number of nitrogens with one attached hydrogen (secondary N) is 1. The number of rotatable bonds is 2. The van der Waals surface area contributed by atoms with Gasteiger partial charge in [0, 0.05) is 36.4 Å². The summed E-state index contributed by atoms with van der Waals surface area (Å²) in [7, 11) is 0. The highest BCUT2D eigenvalue weighted by Gasteiger charge is 2.26. The van der Waals surface area contributed by atoms with Crippen LogP contribution in [0.3, 0.4) is 0 Å². The number of benzene rings is 1. The summed E-state index contributed by atoms with van der Waals surface area (Å²) in [6.07, 6.45) is 5.95. The van der Waals surface area contributed by atoms with E-state index >= 15 is 0 Å². The number of carbonyl (C=O) groups is 1. The summed E-state index contributed by atoms with van der Waals surface area (Å²) in [4.78, 5) is 22.5. The molecule has 5 heteroatoms. The van der Waals surface area contributed by atoms with Crippen LogP contribution in [0.5, 0.6) is 0 Å². The average molecular weight is 322 g/mol. The van der Waals surface area contributed by atoms with Gasteiger partial charge in [0.2, 0.25) is 0 Å². The quantitative estimate of drug-likeness (QED) is 0.785. The lowest BCUT2D eigenvalue weighted by atomic mass is 10.0. The minimum absolute atomic E-state index is 0.0892. The number of likely N-dealkylation sites (tertiary alicyclic amines) is 1. The Morgan fingerprint density at radius 2 is 2.17 bits per heavy atom. The van der Waals surface area contributed by atoms with Crippen molar-refractivity contribution in [1.82, 2.24) is 19.4 Å². The molecule has 5 nitrogen and oxygen atoms in total. The fourth-order valence-electron chi connectivity index (χ4n) is 3.68. The molecule has 1 saturated heterocycles. The van der Waals surface area contributed by atoms with Crippen molar-refractivity contribution in [3.05, 3.63) is 53.7 Å². The summed E-state index contributed by atoms with van der Waals surface area (Å²) in [5, 5.41) is 1.09. The molecule has 1 fully saturated rings. The van der Waals surface area contributed by atoms with E-state index in [9.17, 15) is 4.79 Å². The Bertz CT molecular complexity index is 892. The van der Waals surface area contributed by atoms with Crippen LogP contribution in [0.15, 0.2) is 36.7 Å². The molecule has 2 aromatic heterocycles. The van der Waals surface area contributed by atoms with Crippen molar-refractivity contribution in [2.45, 2.75) is 32.7 Å². The topological polar surface area (TPSA) is 53.9 Å². The number of aryl methyl sites for hydroxylation is 2. The molecule has 0 aliphatic carbocycles. The number of hydrogen-bond acceptors (Lipinski definition) is 2. The Labute approximate surface area is 141 Å². The zero-order valence-corrected chi connectivity index (χ0v) is 14.1. The smallest absolute Gasteiger partial charge is 0.270 e. The van der Waals surface area contributed by atoms with E-state index in [1.165, 1.54) is 5.56 Å². The number of aromatic nitrogens is 3. The van der Waals surface area contributed by atoms with Crippen molar-refractivity contribution >= 4 is 16.8 Å². The maximum atomic E-state index is 12.9. The van der Waals surface area contributed by atoms with Crippen LogP contribution in [0.4, 0.5) is 0 Å². The third kappa shape index (κ3) is 2.60. The monoisotopic (exact) mass is 322 g/mol. The van der Waals surface area contributed by atoms with Gasteiger partial charge in [0.25, 0.3) is 5.91 Å². The molecule has 3 heterocycles. The van der Waals surface area contributed by atoms with E-state index < -0.39 is 0 Å². The molecule has 0 bridgehead atoms. The second kappa shape index (κ2) is 5.82. The molecular formula is C19H22N4O. The van der Waals surface area contributed by atoms with Crippen molar-refractivity contribution in [1.29, 1.82) is 0 Å². The number of fused-ring (bicyclic) bond motifs is 1. The first-order valence-corrected chi connectivity index (χ1v) is 8.50. The number of carbonyl (C=O) groups excluding carboxylic acids is 1. The Hall–Kier alpha value is -2.56. The van der Waals surface area contributed by atoms with Crippen molar-refractivity contribution < 1.29 is 4.79 Å². The van der Waals surface area contributed by atoms with Crippen LogP contribution in [-0.2, 0) is 0 Å². The maximum absolute atomic E-state index is 12.9. The van der Waals surface area contributed by atoms with E-state index in [2.05, 4.69) is 33.6 Å². The summed E-state index contributed by atoms with van der Waals surface area (Å²) in [6, 6.07) is 8.49. The fraction of sp³-hybridized carbons (Fsp3) is 0.368. The number of imidazole rings is 1. The van der Waals surface area contributed by atoms with Gasteiger partial charge < -0.3 is 14.5 Å². The van der Waals surface area contributed by atoms with Crippen LogP contribution >= 0.6 is 0 Å². The summed E-state index contributed by atoms with van der Waals surface area (Å²) < 4.78 is 2.19. The van der Waals surface area contributed by atoms with E-state index in [-0.39, 0.29) is 5.91 Å². The normalized spacial score (nSPS) is 18.2. The van der Waals surface area contributed by atoms with Gasteiger partial charge in [-0.15, -0.1) is 0 Å². The van der Waals surface area contributed by atoms with Crippen molar-refractivity contribution in [3.63, 3.8) is 0 Å². The molecular weight excluding hydrogens is 300 g/mol. The molecule has 1 aliphatic rings. The van der Waals surface area contributed by atoms with Crippen LogP contribution < -0.4 is 0 Å². The fourth-order valence-corrected chi connectivity index (χ4v) is 3.68. The highest BCUT2D eigenvalue weighted by atomic mass is 16.2. The van der Waals surface area contributed by atoms with Gasteiger partial charge in [-0.1, -0.05) is 11.6 Å². The van der Waals surface area contributed by atoms with Crippen molar-refractivity contribution in [2.75, 3.05) is 13.1 Å². The van der Waals surface area contributed by atoms with Gasteiger partial charge in [-0.25, -0.2) is 4.98 Å². The van der Waals surface area contributed by atoms with Gasteiger partial charge in [0.15, 0.2) is 0 Å². The van der Waals surface area contributed by atoms with Crippen LogP contribution in [-0.4, -0.2) is 38.4 Å². The number of amides is 1. The van der Waals surface area contributed by atoms with Crippen molar-refractivity contribution in [2.24, 2.45) is 0 Å². The van der Waals surface area contributed by atoms with E-state index in [0.29, 0.717) is 11.7 Å². The van der Waals surface area contributed by atoms with Gasteiger partial charge in [0.1, 0.15) is 11.5 Å². The number of nitrogens with zero attached hydrogens (tertiary/aromatic N) is 3. The van der Waals surface area contributed by atoms with Crippen LogP contribution in [0.2, 0.25) is 0 Å². The molecule has 24 heavy (non-hydrogen) atoms. The van der Waals surface area contributed by atoms with Crippen LogP contribution in [0.25, 0.3) is 10.9 Å². The van der Waals surface area contributed by atoms with Gasteiger partial charge >= 0.3 is 0 Å². The average Bonchev–Trinajstić information content (AvgIpc) is 3.20. The first kappa shape index (κ1) is 15.0. The highest BCUT2D eigenvalue weighted by Crippen LogP contribution is 2.25. The molecule has 3 aromatic rings. The lowest BCUT2D eigenvalue weighted by molar-refractivity contribution is 0.0673. The molecule has 1 aliphatic heterocycles. The largest absolute Gasteiger partial charge is 0.351 e.